The number of ether oxygens (including phenoxy) is 4. The molecule has 7 rings (SSSR count). The van der Waals surface area contributed by atoms with Gasteiger partial charge >= 0.3 is 0 Å². The lowest BCUT2D eigenvalue weighted by atomic mass is 9.80. The van der Waals surface area contributed by atoms with E-state index in [1.54, 1.807) is 25.1 Å². The van der Waals surface area contributed by atoms with Crippen LogP contribution in [0.2, 0.25) is 0 Å². The fourth-order valence-electron chi connectivity index (χ4n) is 6.54. The average molecular weight is 659 g/mol. The number of methoxy groups -OCH3 is 2. The highest BCUT2D eigenvalue weighted by Crippen LogP contribution is 2.43. The van der Waals surface area contributed by atoms with Crippen LogP contribution in [0.4, 0.5) is 5.82 Å². The summed E-state index contributed by atoms with van der Waals surface area (Å²) in [5.41, 5.74) is 9.70. The van der Waals surface area contributed by atoms with Crippen molar-refractivity contribution in [1.29, 1.82) is 0 Å². The number of benzene rings is 4. The highest BCUT2D eigenvalue weighted by molar-refractivity contribution is 5.81. The third-order valence-corrected chi connectivity index (χ3v) is 9.06. The van der Waals surface area contributed by atoms with Crippen LogP contribution in [0.3, 0.4) is 0 Å². The van der Waals surface area contributed by atoms with Crippen molar-refractivity contribution in [3.05, 3.63) is 144 Å². The smallest absolute Gasteiger partial charge is 0.167 e. The largest absolute Gasteiger partial charge is 0.497 e. The second-order valence-corrected chi connectivity index (χ2v) is 11.8. The van der Waals surface area contributed by atoms with Gasteiger partial charge in [0, 0.05) is 6.54 Å². The number of aliphatic hydroxyl groups is 1. The van der Waals surface area contributed by atoms with Gasteiger partial charge in [-0.25, -0.2) is 15.0 Å². The van der Waals surface area contributed by atoms with Crippen LogP contribution < -0.4 is 20.5 Å². The quantitative estimate of drug-likeness (QED) is 0.157. The molecule has 0 radical (unpaired) electrons. The number of aliphatic hydroxyl groups excluding tert-OH is 1. The van der Waals surface area contributed by atoms with Gasteiger partial charge in [-0.05, 0) is 46.5 Å². The number of hydrogen-bond acceptors (Lipinski definition) is 10. The minimum absolute atomic E-state index is 0.108. The molecule has 4 aromatic carbocycles. The van der Waals surface area contributed by atoms with Gasteiger partial charge < -0.3 is 35.1 Å². The molecular weight excluding hydrogens is 620 g/mol. The minimum atomic E-state index is -1.07. The summed E-state index contributed by atoms with van der Waals surface area (Å²) >= 11 is 0. The number of fused-ring (bicyclic) bond motifs is 1. The zero-order chi connectivity index (χ0) is 33.8. The lowest BCUT2D eigenvalue weighted by Gasteiger charge is -2.37. The standard InChI is InChI=1S/C38H38N6O5/c1-46-29-17-13-27(14-18-29)38(26-11-7-4-8-12-26,28-15-19-30(47-2)20-16-28)48-22-31-32(40-21-25-9-5-3-6-10-25)34(45)37(49-31)44-24-43-33-35(39)41-23-42-36(33)44/h3-20,23-24,31-32,34,37,40,45H,21-22H2,1-2H3,(H2,39,41,42)/t31-,32-,34-,37-/m1/s1. The molecule has 6 aromatic rings. The van der Waals surface area contributed by atoms with Crippen molar-refractivity contribution in [2.75, 3.05) is 26.6 Å². The molecule has 0 aliphatic carbocycles. The summed E-state index contributed by atoms with van der Waals surface area (Å²) in [6.07, 6.45) is 0.540. The molecule has 1 aliphatic rings. The third-order valence-electron chi connectivity index (χ3n) is 9.06. The summed E-state index contributed by atoms with van der Waals surface area (Å²) in [5, 5.41) is 15.5. The number of nitrogen functional groups attached to an aromatic ring is 1. The Bertz CT molecular complexity index is 1920. The fourth-order valence-corrected chi connectivity index (χ4v) is 6.54. The van der Waals surface area contributed by atoms with E-state index in [0.717, 1.165) is 33.8 Å². The van der Waals surface area contributed by atoms with E-state index in [1.165, 1.54) is 6.33 Å². The highest BCUT2D eigenvalue weighted by atomic mass is 16.6. The van der Waals surface area contributed by atoms with Crippen molar-refractivity contribution in [1.82, 2.24) is 24.8 Å². The summed E-state index contributed by atoms with van der Waals surface area (Å²) in [6, 6.07) is 35.3. The van der Waals surface area contributed by atoms with Gasteiger partial charge in [-0.2, -0.15) is 0 Å². The topological polar surface area (TPSA) is 139 Å². The molecule has 1 fully saturated rings. The molecule has 49 heavy (non-hydrogen) atoms. The first-order valence-electron chi connectivity index (χ1n) is 16.0. The van der Waals surface area contributed by atoms with Crippen LogP contribution in [-0.2, 0) is 21.6 Å². The van der Waals surface area contributed by atoms with Crippen molar-refractivity contribution in [2.45, 2.75) is 36.6 Å². The SMILES string of the molecule is COc1ccc(C(OC[C@H]2O[C@@H](n3cnc4c(N)ncnc43)[C@H](O)[C@@H]2NCc2ccccc2)(c2ccccc2)c2ccc(OC)cc2)cc1. The van der Waals surface area contributed by atoms with E-state index in [4.69, 9.17) is 24.7 Å². The van der Waals surface area contributed by atoms with Gasteiger partial charge in [0.15, 0.2) is 17.7 Å². The number of anilines is 1. The number of nitrogens with one attached hydrogen (secondary N) is 1. The number of nitrogens with two attached hydrogens (primary N) is 1. The van der Waals surface area contributed by atoms with Gasteiger partial charge in [0.2, 0.25) is 0 Å². The lowest BCUT2D eigenvalue weighted by molar-refractivity contribution is -0.0867. The van der Waals surface area contributed by atoms with Crippen molar-refractivity contribution >= 4 is 17.0 Å². The monoisotopic (exact) mass is 658 g/mol. The maximum absolute atomic E-state index is 11.9. The Kier molecular flexibility index (Phi) is 9.23. The summed E-state index contributed by atoms with van der Waals surface area (Å²) in [4.78, 5) is 12.9. The maximum Gasteiger partial charge on any atom is 0.167 e. The number of nitrogens with zero attached hydrogens (tertiary/aromatic N) is 4. The van der Waals surface area contributed by atoms with Crippen molar-refractivity contribution in [3.63, 3.8) is 0 Å². The fraction of sp³-hybridized carbons (Fsp3) is 0.237. The van der Waals surface area contributed by atoms with Gasteiger partial charge in [0.25, 0.3) is 0 Å². The molecular formula is C38H38N6O5. The van der Waals surface area contributed by atoms with Crippen molar-refractivity contribution < 1.29 is 24.1 Å². The predicted molar refractivity (Wildman–Crippen MR) is 185 cm³/mol. The first-order valence-corrected chi connectivity index (χ1v) is 16.0. The molecule has 2 aromatic heterocycles. The predicted octanol–water partition coefficient (Wildman–Crippen LogP) is 4.85. The highest BCUT2D eigenvalue weighted by Gasteiger charge is 2.47. The van der Waals surface area contributed by atoms with E-state index < -0.39 is 30.1 Å². The van der Waals surface area contributed by atoms with E-state index in [-0.39, 0.29) is 12.4 Å². The van der Waals surface area contributed by atoms with E-state index in [0.29, 0.717) is 17.7 Å². The molecule has 0 amide bonds. The van der Waals surface area contributed by atoms with E-state index in [1.807, 2.05) is 97.1 Å². The maximum atomic E-state index is 11.9. The molecule has 4 N–H and O–H groups in total. The Morgan fingerprint density at radius 3 is 2.00 bits per heavy atom. The molecule has 250 valence electrons. The Hall–Kier alpha value is -5.33. The first kappa shape index (κ1) is 32.2. The third kappa shape index (κ3) is 6.20. The molecule has 1 saturated heterocycles. The molecule has 0 saturated carbocycles. The first-order chi connectivity index (χ1) is 24.0. The summed E-state index contributed by atoms with van der Waals surface area (Å²) < 4.78 is 26.6. The second kappa shape index (κ2) is 14.0. The summed E-state index contributed by atoms with van der Waals surface area (Å²) in [7, 11) is 3.29. The Morgan fingerprint density at radius 1 is 0.796 bits per heavy atom. The van der Waals surface area contributed by atoms with Crippen molar-refractivity contribution in [2.24, 2.45) is 0 Å². The van der Waals surface area contributed by atoms with E-state index >= 15 is 0 Å². The zero-order valence-corrected chi connectivity index (χ0v) is 27.2. The van der Waals surface area contributed by atoms with Gasteiger partial charge in [-0.3, -0.25) is 4.57 Å². The molecule has 3 heterocycles. The van der Waals surface area contributed by atoms with Gasteiger partial charge in [-0.15, -0.1) is 0 Å². The van der Waals surface area contributed by atoms with Crippen LogP contribution in [0, 0.1) is 0 Å². The summed E-state index contributed by atoms with van der Waals surface area (Å²) in [6.45, 7) is 0.618. The number of hydrogen-bond donors (Lipinski definition) is 3. The molecule has 1 aliphatic heterocycles. The number of imidazole rings is 1. The Labute approximate surface area is 284 Å². The molecule has 11 heteroatoms. The average Bonchev–Trinajstić information content (AvgIpc) is 3.73. The molecule has 4 atom stereocenters. The molecule has 0 unspecified atom stereocenters. The van der Waals surface area contributed by atoms with E-state index in [2.05, 4.69) is 32.4 Å². The van der Waals surface area contributed by atoms with Crippen LogP contribution in [0.1, 0.15) is 28.5 Å². The van der Waals surface area contributed by atoms with E-state index in [9.17, 15) is 5.11 Å². The molecule has 11 nitrogen and oxygen atoms in total. The van der Waals surface area contributed by atoms with Crippen molar-refractivity contribution in [3.8, 4) is 11.5 Å². The van der Waals surface area contributed by atoms with Gasteiger partial charge in [0.1, 0.15) is 41.2 Å². The van der Waals surface area contributed by atoms with Crippen LogP contribution >= 0.6 is 0 Å². The minimum Gasteiger partial charge on any atom is -0.497 e. The molecule has 0 bridgehead atoms. The Balaban J connectivity index is 1.29. The summed E-state index contributed by atoms with van der Waals surface area (Å²) in [5.74, 6) is 1.71. The Morgan fingerprint density at radius 2 is 1.39 bits per heavy atom. The molecule has 0 spiro atoms. The normalized spacial score (nSPS) is 19.2. The van der Waals surface area contributed by atoms with Crippen LogP contribution in [0.5, 0.6) is 11.5 Å². The second-order valence-electron chi connectivity index (χ2n) is 11.8. The van der Waals surface area contributed by atoms with Gasteiger partial charge in [-0.1, -0.05) is 84.9 Å². The number of aromatic nitrogens is 4. The zero-order valence-electron chi connectivity index (χ0n) is 27.2. The number of rotatable bonds is 12. The van der Waals surface area contributed by atoms with Crippen LogP contribution in [0.25, 0.3) is 11.2 Å². The van der Waals surface area contributed by atoms with Crippen LogP contribution in [0.15, 0.2) is 122 Å². The van der Waals surface area contributed by atoms with Gasteiger partial charge in [0.05, 0.1) is 33.2 Å². The van der Waals surface area contributed by atoms with Crippen LogP contribution in [-0.4, -0.2) is 63.7 Å². The lowest BCUT2D eigenvalue weighted by Crippen LogP contribution is -2.47.